The molecule has 5 heteroatoms. The first-order chi connectivity index (χ1) is 9.95. The van der Waals surface area contributed by atoms with E-state index in [1.165, 1.54) is 31.9 Å². The first-order valence-electron chi connectivity index (χ1n) is 7.61. The largest absolute Gasteiger partial charge is 0.492 e. The second kappa shape index (κ2) is 7.27. The molecule has 2 unspecified atom stereocenters. The van der Waals surface area contributed by atoms with Gasteiger partial charge in [0.05, 0.1) is 4.90 Å². The summed E-state index contributed by atoms with van der Waals surface area (Å²) in [7, 11) is -3.13. The number of rotatable bonds is 6. The number of hydrogen-bond acceptors (Lipinski definition) is 4. The van der Waals surface area contributed by atoms with Crippen molar-refractivity contribution in [1.29, 1.82) is 0 Å². The van der Waals surface area contributed by atoms with Crippen molar-refractivity contribution in [2.45, 2.75) is 43.5 Å². The zero-order chi connectivity index (χ0) is 15.3. The number of nitrogens with one attached hydrogen (secondary N) is 1. The Kier molecular flexibility index (Phi) is 5.65. The molecule has 0 bridgehead atoms. The van der Waals surface area contributed by atoms with E-state index < -0.39 is 9.84 Å². The highest BCUT2D eigenvalue weighted by Gasteiger charge is 2.17. The lowest BCUT2D eigenvalue weighted by Gasteiger charge is -2.27. The summed E-state index contributed by atoms with van der Waals surface area (Å²) in [4.78, 5) is 0.323. The van der Waals surface area contributed by atoms with E-state index in [1.807, 2.05) is 0 Å². The predicted octanol–water partition coefficient (Wildman–Crippen LogP) is 2.64. The van der Waals surface area contributed by atoms with Crippen molar-refractivity contribution < 1.29 is 13.2 Å². The van der Waals surface area contributed by atoms with Gasteiger partial charge in [0.2, 0.25) is 0 Å². The molecule has 1 N–H and O–H groups in total. The van der Waals surface area contributed by atoms with Crippen LogP contribution in [-0.2, 0) is 9.84 Å². The molecule has 0 radical (unpaired) electrons. The number of benzene rings is 1. The van der Waals surface area contributed by atoms with Crippen LogP contribution in [0.4, 0.5) is 0 Å². The van der Waals surface area contributed by atoms with Crippen LogP contribution in [-0.4, -0.2) is 33.9 Å². The number of hydrogen-bond donors (Lipinski definition) is 1. The summed E-state index contributed by atoms with van der Waals surface area (Å²) in [6.07, 6.45) is 6.38. The van der Waals surface area contributed by atoms with E-state index in [-0.39, 0.29) is 0 Å². The Hall–Kier alpha value is -1.07. The van der Waals surface area contributed by atoms with E-state index in [0.717, 1.165) is 12.5 Å². The molecule has 0 amide bonds. The number of ether oxygens (including phenoxy) is 1. The van der Waals surface area contributed by atoms with Crippen molar-refractivity contribution in [3.63, 3.8) is 0 Å². The third-order valence-electron chi connectivity index (χ3n) is 3.99. The molecule has 1 aromatic rings. The molecule has 1 aliphatic rings. The van der Waals surface area contributed by atoms with Gasteiger partial charge in [-0.15, -0.1) is 0 Å². The lowest BCUT2D eigenvalue weighted by atomic mass is 9.87. The van der Waals surface area contributed by atoms with Crippen LogP contribution in [0, 0.1) is 5.92 Å². The minimum absolute atomic E-state index is 0.323. The van der Waals surface area contributed by atoms with Gasteiger partial charge in [-0.1, -0.05) is 19.8 Å². The molecule has 0 spiro atoms. The SMILES string of the molecule is CC1CCCC(NCCOc2ccc(S(C)(=O)=O)cc2)C1. The second-order valence-corrected chi connectivity index (χ2v) is 8.03. The summed E-state index contributed by atoms with van der Waals surface area (Å²) in [5.41, 5.74) is 0. The fourth-order valence-corrected chi connectivity index (χ4v) is 3.46. The maximum absolute atomic E-state index is 11.4. The Morgan fingerprint density at radius 2 is 1.95 bits per heavy atom. The summed E-state index contributed by atoms with van der Waals surface area (Å²) < 4.78 is 28.3. The summed E-state index contributed by atoms with van der Waals surface area (Å²) in [5.74, 6) is 1.53. The first kappa shape index (κ1) is 16.3. The highest BCUT2D eigenvalue weighted by atomic mass is 32.2. The standard InChI is InChI=1S/C16H25NO3S/c1-13-4-3-5-14(12-13)17-10-11-20-15-6-8-16(9-7-15)21(2,18)19/h6-9,13-14,17H,3-5,10-12H2,1-2H3. The topological polar surface area (TPSA) is 55.4 Å². The van der Waals surface area contributed by atoms with Gasteiger partial charge in [0.15, 0.2) is 9.84 Å². The third-order valence-corrected chi connectivity index (χ3v) is 5.12. The molecule has 0 heterocycles. The molecule has 1 saturated carbocycles. The first-order valence-corrected chi connectivity index (χ1v) is 9.50. The lowest BCUT2D eigenvalue weighted by molar-refractivity contribution is 0.266. The zero-order valence-electron chi connectivity index (χ0n) is 12.8. The third kappa shape index (κ3) is 5.32. The molecule has 21 heavy (non-hydrogen) atoms. The van der Waals surface area contributed by atoms with Crippen LogP contribution in [0.15, 0.2) is 29.2 Å². The fourth-order valence-electron chi connectivity index (χ4n) is 2.83. The van der Waals surface area contributed by atoms with Crippen LogP contribution in [0.25, 0.3) is 0 Å². The Morgan fingerprint density at radius 3 is 2.57 bits per heavy atom. The second-order valence-electron chi connectivity index (χ2n) is 6.01. The highest BCUT2D eigenvalue weighted by molar-refractivity contribution is 7.90. The minimum atomic E-state index is -3.13. The van der Waals surface area contributed by atoms with E-state index in [2.05, 4.69) is 12.2 Å². The maximum atomic E-state index is 11.4. The molecular weight excluding hydrogens is 286 g/mol. The molecule has 2 atom stereocenters. The van der Waals surface area contributed by atoms with Gasteiger partial charge in [-0.05, 0) is 43.0 Å². The molecular formula is C16H25NO3S. The Labute approximate surface area is 127 Å². The average molecular weight is 311 g/mol. The molecule has 0 aliphatic heterocycles. The number of sulfone groups is 1. The van der Waals surface area contributed by atoms with Crippen molar-refractivity contribution in [3.05, 3.63) is 24.3 Å². The van der Waals surface area contributed by atoms with Gasteiger partial charge in [-0.2, -0.15) is 0 Å². The van der Waals surface area contributed by atoms with Gasteiger partial charge in [-0.25, -0.2) is 8.42 Å². The minimum Gasteiger partial charge on any atom is -0.492 e. The van der Waals surface area contributed by atoms with Crippen molar-refractivity contribution in [2.75, 3.05) is 19.4 Å². The Balaban J connectivity index is 1.71. The molecule has 0 saturated heterocycles. The molecule has 4 nitrogen and oxygen atoms in total. The van der Waals surface area contributed by atoms with E-state index in [4.69, 9.17) is 4.74 Å². The van der Waals surface area contributed by atoms with Crippen molar-refractivity contribution in [1.82, 2.24) is 5.32 Å². The van der Waals surface area contributed by atoms with E-state index in [9.17, 15) is 8.42 Å². The zero-order valence-corrected chi connectivity index (χ0v) is 13.7. The molecule has 0 aromatic heterocycles. The van der Waals surface area contributed by atoms with Crippen molar-refractivity contribution in [3.8, 4) is 5.75 Å². The fraction of sp³-hybridized carbons (Fsp3) is 0.625. The lowest BCUT2D eigenvalue weighted by Crippen LogP contribution is -2.36. The van der Waals surface area contributed by atoms with Crippen LogP contribution in [0.1, 0.15) is 32.6 Å². The quantitative estimate of drug-likeness (QED) is 0.821. The van der Waals surface area contributed by atoms with Crippen molar-refractivity contribution in [2.24, 2.45) is 5.92 Å². The molecule has 118 valence electrons. The van der Waals surface area contributed by atoms with Crippen LogP contribution < -0.4 is 10.1 Å². The monoisotopic (exact) mass is 311 g/mol. The van der Waals surface area contributed by atoms with E-state index in [1.54, 1.807) is 24.3 Å². The molecule has 2 rings (SSSR count). The van der Waals surface area contributed by atoms with Gasteiger partial charge in [0, 0.05) is 18.8 Å². The maximum Gasteiger partial charge on any atom is 0.175 e. The van der Waals surface area contributed by atoms with Gasteiger partial charge >= 0.3 is 0 Å². The molecule has 1 aromatic carbocycles. The average Bonchev–Trinajstić information content (AvgIpc) is 2.43. The van der Waals surface area contributed by atoms with Crippen LogP contribution in [0.3, 0.4) is 0 Å². The molecule has 1 fully saturated rings. The van der Waals surface area contributed by atoms with Crippen LogP contribution in [0.2, 0.25) is 0 Å². The van der Waals surface area contributed by atoms with E-state index >= 15 is 0 Å². The van der Waals surface area contributed by atoms with E-state index in [0.29, 0.717) is 23.3 Å². The predicted molar refractivity (Wildman–Crippen MR) is 84.5 cm³/mol. The van der Waals surface area contributed by atoms with Gasteiger partial charge < -0.3 is 10.1 Å². The normalized spacial score (nSPS) is 23.0. The Bertz CT molecular complexity index is 539. The van der Waals surface area contributed by atoms with Crippen LogP contribution >= 0.6 is 0 Å². The Morgan fingerprint density at radius 1 is 1.24 bits per heavy atom. The van der Waals surface area contributed by atoms with Crippen molar-refractivity contribution >= 4 is 9.84 Å². The summed E-state index contributed by atoms with van der Waals surface area (Å²) in [5, 5.41) is 3.54. The van der Waals surface area contributed by atoms with Gasteiger partial charge in [0.25, 0.3) is 0 Å². The highest BCUT2D eigenvalue weighted by Crippen LogP contribution is 2.23. The van der Waals surface area contributed by atoms with Gasteiger partial charge in [-0.3, -0.25) is 0 Å². The summed E-state index contributed by atoms with van der Waals surface area (Å²) >= 11 is 0. The molecule has 1 aliphatic carbocycles. The summed E-state index contributed by atoms with van der Waals surface area (Å²) in [6, 6.07) is 7.20. The smallest absolute Gasteiger partial charge is 0.175 e. The van der Waals surface area contributed by atoms with Gasteiger partial charge in [0.1, 0.15) is 12.4 Å². The van der Waals surface area contributed by atoms with Crippen LogP contribution in [0.5, 0.6) is 5.75 Å². The summed E-state index contributed by atoms with van der Waals surface area (Å²) in [6.45, 7) is 3.74.